The Balaban J connectivity index is 2.30. The third-order valence-corrected chi connectivity index (χ3v) is 4.89. The minimum atomic E-state index is -3.42. The molecule has 0 fully saturated rings. The largest absolute Gasteiger partial charge is 0.468 e. The first-order valence-electron chi connectivity index (χ1n) is 5.99. The number of furan rings is 1. The Hall–Kier alpha value is -1.59. The predicted molar refractivity (Wildman–Crippen MR) is 73.6 cm³/mol. The zero-order valence-electron chi connectivity index (χ0n) is 11.0. The van der Waals surface area contributed by atoms with E-state index in [9.17, 15) is 8.42 Å². The van der Waals surface area contributed by atoms with E-state index in [1.807, 2.05) is 13.0 Å². The monoisotopic (exact) mass is 279 g/mol. The molecule has 2 rings (SSSR count). The highest BCUT2D eigenvalue weighted by Crippen LogP contribution is 2.22. The zero-order chi connectivity index (χ0) is 14.0. The van der Waals surface area contributed by atoms with Gasteiger partial charge in [0.05, 0.1) is 23.0 Å². The molecule has 1 unspecified atom stereocenters. The standard InChI is InChI=1S/C14H17NO3S/c1-10-5-6-11(2)14(8-10)19(16,17)9-12(15)13-4-3-7-18-13/h3-8,12H,9,15H2,1-2H3. The van der Waals surface area contributed by atoms with Gasteiger partial charge in [-0.15, -0.1) is 0 Å². The van der Waals surface area contributed by atoms with Crippen molar-refractivity contribution in [1.29, 1.82) is 0 Å². The number of rotatable bonds is 4. The summed E-state index contributed by atoms with van der Waals surface area (Å²) >= 11 is 0. The summed E-state index contributed by atoms with van der Waals surface area (Å²) in [6.07, 6.45) is 1.49. The molecule has 1 atom stereocenters. The smallest absolute Gasteiger partial charge is 0.180 e. The van der Waals surface area contributed by atoms with Crippen LogP contribution in [0, 0.1) is 13.8 Å². The fraction of sp³-hybridized carbons (Fsp3) is 0.286. The van der Waals surface area contributed by atoms with Crippen molar-refractivity contribution in [3.63, 3.8) is 0 Å². The number of hydrogen-bond donors (Lipinski definition) is 1. The fourth-order valence-corrected chi connectivity index (χ4v) is 3.69. The van der Waals surface area contributed by atoms with Gasteiger partial charge in [-0.1, -0.05) is 12.1 Å². The van der Waals surface area contributed by atoms with Gasteiger partial charge >= 0.3 is 0 Å². The van der Waals surface area contributed by atoms with Gasteiger partial charge in [0.1, 0.15) is 5.76 Å². The van der Waals surface area contributed by atoms with Crippen LogP contribution in [0.25, 0.3) is 0 Å². The Kier molecular flexibility index (Phi) is 3.78. The molecule has 0 bridgehead atoms. The van der Waals surface area contributed by atoms with Crippen molar-refractivity contribution in [1.82, 2.24) is 0 Å². The maximum atomic E-state index is 12.4. The van der Waals surface area contributed by atoms with E-state index in [0.717, 1.165) is 11.1 Å². The van der Waals surface area contributed by atoms with Crippen molar-refractivity contribution in [3.05, 3.63) is 53.5 Å². The van der Waals surface area contributed by atoms with Crippen molar-refractivity contribution in [2.24, 2.45) is 5.73 Å². The molecule has 1 aromatic heterocycles. The van der Waals surface area contributed by atoms with Gasteiger partial charge in [0.15, 0.2) is 9.84 Å². The van der Waals surface area contributed by atoms with Crippen molar-refractivity contribution >= 4 is 9.84 Å². The molecule has 0 spiro atoms. The maximum absolute atomic E-state index is 12.4. The van der Waals surface area contributed by atoms with E-state index in [-0.39, 0.29) is 5.75 Å². The Morgan fingerprint density at radius 3 is 2.63 bits per heavy atom. The number of benzene rings is 1. The maximum Gasteiger partial charge on any atom is 0.180 e. The lowest BCUT2D eigenvalue weighted by atomic mass is 10.2. The average molecular weight is 279 g/mol. The summed E-state index contributed by atoms with van der Waals surface area (Å²) in [7, 11) is -3.42. The molecule has 102 valence electrons. The molecule has 1 heterocycles. The van der Waals surface area contributed by atoms with Gasteiger partial charge in [0.25, 0.3) is 0 Å². The minimum absolute atomic E-state index is 0.162. The van der Waals surface area contributed by atoms with Crippen molar-refractivity contribution in [2.45, 2.75) is 24.8 Å². The lowest BCUT2D eigenvalue weighted by Crippen LogP contribution is -2.22. The topological polar surface area (TPSA) is 73.3 Å². The summed E-state index contributed by atoms with van der Waals surface area (Å²) in [6, 6.07) is 8.10. The van der Waals surface area contributed by atoms with E-state index in [0.29, 0.717) is 10.7 Å². The van der Waals surface area contributed by atoms with Crippen molar-refractivity contribution in [2.75, 3.05) is 5.75 Å². The second kappa shape index (κ2) is 5.19. The summed E-state index contributed by atoms with van der Waals surface area (Å²) in [4.78, 5) is 0.342. The molecule has 4 nitrogen and oxygen atoms in total. The van der Waals surface area contributed by atoms with Gasteiger partial charge in [-0.25, -0.2) is 8.42 Å². The second-order valence-electron chi connectivity index (χ2n) is 4.67. The molecule has 0 aliphatic rings. The van der Waals surface area contributed by atoms with Gasteiger partial charge in [-0.05, 0) is 43.2 Å². The molecule has 0 aliphatic carbocycles. The molecule has 2 aromatic rings. The van der Waals surface area contributed by atoms with Crippen molar-refractivity contribution < 1.29 is 12.8 Å². The Bertz CT molecular complexity index is 660. The molecule has 1 aromatic carbocycles. The Morgan fingerprint density at radius 1 is 1.26 bits per heavy atom. The van der Waals surface area contributed by atoms with Crippen LogP contribution in [0.3, 0.4) is 0 Å². The molecule has 0 saturated carbocycles. The first-order chi connectivity index (χ1) is 8.90. The van der Waals surface area contributed by atoms with Crippen LogP contribution in [0.2, 0.25) is 0 Å². The van der Waals surface area contributed by atoms with Gasteiger partial charge < -0.3 is 10.2 Å². The van der Waals surface area contributed by atoms with E-state index in [1.165, 1.54) is 6.26 Å². The van der Waals surface area contributed by atoms with E-state index in [1.54, 1.807) is 31.2 Å². The molecule has 2 N–H and O–H groups in total. The van der Waals surface area contributed by atoms with Crippen LogP contribution in [0.5, 0.6) is 0 Å². The van der Waals surface area contributed by atoms with Gasteiger partial charge in [-0.3, -0.25) is 0 Å². The summed E-state index contributed by atoms with van der Waals surface area (Å²) in [6.45, 7) is 3.65. The number of sulfone groups is 1. The van der Waals surface area contributed by atoms with E-state index in [2.05, 4.69) is 0 Å². The van der Waals surface area contributed by atoms with Crippen LogP contribution in [-0.2, 0) is 9.84 Å². The number of nitrogens with two attached hydrogens (primary N) is 1. The van der Waals surface area contributed by atoms with Crippen LogP contribution >= 0.6 is 0 Å². The minimum Gasteiger partial charge on any atom is -0.468 e. The van der Waals surface area contributed by atoms with E-state index in [4.69, 9.17) is 10.2 Å². The highest BCUT2D eigenvalue weighted by molar-refractivity contribution is 7.91. The fourth-order valence-electron chi connectivity index (χ4n) is 1.95. The molecule has 19 heavy (non-hydrogen) atoms. The Morgan fingerprint density at radius 2 is 2.00 bits per heavy atom. The molecular weight excluding hydrogens is 262 g/mol. The normalized spacial score (nSPS) is 13.4. The third kappa shape index (κ3) is 3.05. The summed E-state index contributed by atoms with van der Waals surface area (Å²) in [5.41, 5.74) is 7.52. The molecular formula is C14H17NO3S. The summed E-state index contributed by atoms with van der Waals surface area (Å²) < 4.78 is 29.9. The van der Waals surface area contributed by atoms with E-state index >= 15 is 0 Å². The van der Waals surface area contributed by atoms with Crippen LogP contribution in [0.4, 0.5) is 0 Å². The molecule has 0 radical (unpaired) electrons. The lowest BCUT2D eigenvalue weighted by Gasteiger charge is -2.12. The molecule has 0 aliphatic heterocycles. The van der Waals surface area contributed by atoms with Crippen LogP contribution in [-0.4, -0.2) is 14.2 Å². The molecule has 0 amide bonds. The molecule has 0 saturated heterocycles. The molecule has 5 heteroatoms. The first-order valence-corrected chi connectivity index (χ1v) is 7.64. The quantitative estimate of drug-likeness (QED) is 0.932. The second-order valence-corrected chi connectivity index (χ2v) is 6.67. The zero-order valence-corrected chi connectivity index (χ0v) is 11.8. The third-order valence-electron chi connectivity index (χ3n) is 2.99. The van der Waals surface area contributed by atoms with E-state index < -0.39 is 15.9 Å². The summed E-state index contributed by atoms with van der Waals surface area (Å²) in [5, 5.41) is 0. The van der Waals surface area contributed by atoms with Crippen LogP contribution < -0.4 is 5.73 Å². The predicted octanol–water partition coefficient (Wildman–Crippen LogP) is 2.37. The van der Waals surface area contributed by atoms with Crippen LogP contribution in [0.1, 0.15) is 22.9 Å². The van der Waals surface area contributed by atoms with Gasteiger partial charge in [-0.2, -0.15) is 0 Å². The Labute approximate surface area is 113 Å². The summed E-state index contributed by atoms with van der Waals surface area (Å²) in [5.74, 6) is 0.319. The van der Waals surface area contributed by atoms with Crippen LogP contribution in [0.15, 0.2) is 45.9 Å². The SMILES string of the molecule is Cc1ccc(C)c(S(=O)(=O)CC(N)c2ccco2)c1. The average Bonchev–Trinajstić information content (AvgIpc) is 2.85. The lowest BCUT2D eigenvalue weighted by molar-refractivity contribution is 0.477. The van der Waals surface area contributed by atoms with Gasteiger partial charge in [0.2, 0.25) is 0 Å². The highest BCUT2D eigenvalue weighted by atomic mass is 32.2. The van der Waals surface area contributed by atoms with Gasteiger partial charge in [0, 0.05) is 0 Å². The number of hydrogen-bond acceptors (Lipinski definition) is 4. The first kappa shape index (κ1) is 13.8. The highest BCUT2D eigenvalue weighted by Gasteiger charge is 2.23. The number of aryl methyl sites for hydroxylation is 2. The van der Waals surface area contributed by atoms with Crippen molar-refractivity contribution in [3.8, 4) is 0 Å².